The fourth-order valence-corrected chi connectivity index (χ4v) is 2.20. The SMILES string of the molecule is CCN(c1ccc(F)cc1)c1nc(C)nc(NC)c1C. The maximum absolute atomic E-state index is 13.1. The molecule has 0 aliphatic rings. The second-order valence-electron chi connectivity index (χ2n) is 4.54. The molecular formula is C15H19FN4. The molecule has 0 spiro atoms. The fraction of sp³-hybridized carbons (Fsp3) is 0.333. The number of benzene rings is 1. The van der Waals surface area contributed by atoms with E-state index in [2.05, 4.69) is 15.3 Å². The van der Waals surface area contributed by atoms with Gasteiger partial charge in [-0.25, -0.2) is 14.4 Å². The molecule has 4 nitrogen and oxygen atoms in total. The van der Waals surface area contributed by atoms with Crippen molar-refractivity contribution in [1.82, 2.24) is 9.97 Å². The van der Waals surface area contributed by atoms with Crippen molar-refractivity contribution in [3.63, 3.8) is 0 Å². The molecule has 20 heavy (non-hydrogen) atoms. The average molecular weight is 274 g/mol. The second kappa shape index (κ2) is 5.86. The molecule has 1 heterocycles. The molecule has 0 saturated carbocycles. The second-order valence-corrected chi connectivity index (χ2v) is 4.54. The molecule has 0 radical (unpaired) electrons. The lowest BCUT2D eigenvalue weighted by atomic mass is 10.2. The number of aromatic nitrogens is 2. The highest BCUT2D eigenvalue weighted by Gasteiger charge is 2.15. The van der Waals surface area contributed by atoms with Crippen molar-refractivity contribution in [3.05, 3.63) is 41.5 Å². The third-order valence-corrected chi connectivity index (χ3v) is 3.18. The summed E-state index contributed by atoms with van der Waals surface area (Å²) in [6.07, 6.45) is 0. The van der Waals surface area contributed by atoms with Crippen LogP contribution in [0.4, 0.5) is 21.7 Å². The Morgan fingerprint density at radius 1 is 1.15 bits per heavy atom. The van der Waals surface area contributed by atoms with Crippen LogP contribution < -0.4 is 10.2 Å². The third-order valence-electron chi connectivity index (χ3n) is 3.18. The molecule has 0 bridgehead atoms. The predicted octanol–water partition coefficient (Wildman–Crippen LogP) is 3.43. The van der Waals surface area contributed by atoms with E-state index in [1.807, 2.05) is 32.7 Å². The van der Waals surface area contributed by atoms with Gasteiger partial charge in [-0.3, -0.25) is 0 Å². The molecule has 1 aromatic carbocycles. The van der Waals surface area contributed by atoms with E-state index < -0.39 is 0 Å². The van der Waals surface area contributed by atoms with E-state index in [4.69, 9.17) is 0 Å². The van der Waals surface area contributed by atoms with E-state index in [1.165, 1.54) is 12.1 Å². The van der Waals surface area contributed by atoms with Crippen LogP contribution in [0.3, 0.4) is 0 Å². The zero-order valence-corrected chi connectivity index (χ0v) is 12.2. The number of anilines is 3. The molecule has 0 saturated heterocycles. The van der Waals surface area contributed by atoms with Crippen molar-refractivity contribution in [2.24, 2.45) is 0 Å². The van der Waals surface area contributed by atoms with E-state index in [9.17, 15) is 4.39 Å². The average Bonchev–Trinajstić information content (AvgIpc) is 2.45. The van der Waals surface area contributed by atoms with E-state index >= 15 is 0 Å². The molecule has 0 aliphatic heterocycles. The first kappa shape index (κ1) is 14.2. The van der Waals surface area contributed by atoms with Gasteiger partial charge in [0.2, 0.25) is 0 Å². The van der Waals surface area contributed by atoms with Gasteiger partial charge in [0.1, 0.15) is 23.3 Å². The zero-order chi connectivity index (χ0) is 14.7. The van der Waals surface area contributed by atoms with Gasteiger partial charge in [-0.15, -0.1) is 0 Å². The molecule has 0 fully saturated rings. The van der Waals surface area contributed by atoms with Gasteiger partial charge in [-0.05, 0) is 45.0 Å². The molecule has 2 aromatic rings. The first-order valence-corrected chi connectivity index (χ1v) is 6.63. The lowest BCUT2D eigenvalue weighted by molar-refractivity contribution is 0.627. The first-order chi connectivity index (χ1) is 9.56. The minimum atomic E-state index is -0.240. The molecule has 0 amide bonds. The quantitative estimate of drug-likeness (QED) is 0.927. The van der Waals surface area contributed by atoms with Gasteiger partial charge >= 0.3 is 0 Å². The fourth-order valence-electron chi connectivity index (χ4n) is 2.20. The Hall–Kier alpha value is -2.17. The Morgan fingerprint density at radius 3 is 2.35 bits per heavy atom. The van der Waals surface area contributed by atoms with Crippen LogP contribution in [0, 0.1) is 19.7 Å². The number of halogens is 1. The Labute approximate surface area is 118 Å². The van der Waals surface area contributed by atoms with Crippen molar-refractivity contribution in [2.45, 2.75) is 20.8 Å². The molecule has 1 N–H and O–H groups in total. The summed E-state index contributed by atoms with van der Waals surface area (Å²) < 4.78 is 13.1. The molecule has 1 aromatic heterocycles. The van der Waals surface area contributed by atoms with Crippen LogP contribution in [0.15, 0.2) is 24.3 Å². The molecule has 106 valence electrons. The number of nitrogens with one attached hydrogen (secondary N) is 1. The summed E-state index contributed by atoms with van der Waals surface area (Å²) in [7, 11) is 1.84. The van der Waals surface area contributed by atoms with Crippen LogP contribution in [0.1, 0.15) is 18.3 Å². The number of nitrogens with zero attached hydrogens (tertiary/aromatic N) is 3. The van der Waals surface area contributed by atoms with Crippen molar-refractivity contribution in [2.75, 3.05) is 23.8 Å². The predicted molar refractivity (Wildman–Crippen MR) is 80.1 cm³/mol. The Bertz CT molecular complexity index is 596. The van der Waals surface area contributed by atoms with E-state index in [0.717, 1.165) is 29.4 Å². The van der Waals surface area contributed by atoms with Gasteiger partial charge in [-0.1, -0.05) is 0 Å². The number of rotatable bonds is 4. The van der Waals surface area contributed by atoms with Gasteiger partial charge in [0.05, 0.1) is 0 Å². The first-order valence-electron chi connectivity index (χ1n) is 6.63. The Kier molecular flexibility index (Phi) is 4.17. The normalized spacial score (nSPS) is 10.4. The van der Waals surface area contributed by atoms with E-state index in [1.54, 1.807) is 12.1 Å². The summed E-state index contributed by atoms with van der Waals surface area (Å²) in [4.78, 5) is 10.9. The Balaban J connectivity index is 2.51. The number of aryl methyl sites for hydroxylation is 1. The Morgan fingerprint density at radius 2 is 1.80 bits per heavy atom. The van der Waals surface area contributed by atoms with Gasteiger partial charge in [0, 0.05) is 24.8 Å². The van der Waals surface area contributed by atoms with Crippen LogP contribution >= 0.6 is 0 Å². The maximum atomic E-state index is 13.1. The van der Waals surface area contributed by atoms with Crippen LogP contribution in [0.25, 0.3) is 0 Å². The zero-order valence-electron chi connectivity index (χ0n) is 12.2. The standard InChI is InChI=1S/C15H19FN4/c1-5-20(13-8-6-12(16)7-9-13)15-10(2)14(17-4)18-11(3)19-15/h6-9H,5H2,1-4H3,(H,17,18,19). The molecule has 2 rings (SSSR count). The summed E-state index contributed by atoms with van der Waals surface area (Å²) in [5, 5.41) is 3.08. The highest BCUT2D eigenvalue weighted by molar-refractivity contribution is 5.67. The topological polar surface area (TPSA) is 41.1 Å². The largest absolute Gasteiger partial charge is 0.373 e. The van der Waals surface area contributed by atoms with Gasteiger partial charge in [0.15, 0.2) is 0 Å². The van der Waals surface area contributed by atoms with Crippen LogP contribution in [0.2, 0.25) is 0 Å². The van der Waals surface area contributed by atoms with Crippen molar-refractivity contribution in [3.8, 4) is 0 Å². The monoisotopic (exact) mass is 274 g/mol. The number of hydrogen-bond acceptors (Lipinski definition) is 4. The van der Waals surface area contributed by atoms with E-state index in [-0.39, 0.29) is 5.82 Å². The summed E-state index contributed by atoms with van der Waals surface area (Å²) in [5.41, 5.74) is 1.89. The van der Waals surface area contributed by atoms with Crippen molar-refractivity contribution < 1.29 is 4.39 Å². The van der Waals surface area contributed by atoms with Crippen LogP contribution in [-0.2, 0) is 0 Å². The maximum Gasteiger partial charge on any atom is 0.141 e. The summed E-state index contributed by atoms with van der Waals surface area (Å²) >= 11 is 0. The lowest BCUT2D eigenvalue weighted by Gasteiger charge is -2.25. The van der Waals surface area contributed by atoms with Gasteiger partial charge in [0.25, 0.3) is 0 Å². The van der Waals surface area contributed by atoms with E-state index in [0.29, 0.717) is 5.82 Å². The summed E-state index contributed by atoms with van der Waals surface area (Å²) in [5.74, 6) is 2.12. The highest BCUT2D eigenvalue weighted by atomic mass is 19.1. The number of hydrogen-bond donors (Lipinski definition) is 1. The molecule has 0 aliphatic carbocycles. The summed E-state index contributed by atoms with van der Waals surface area (Å²) in [6, 6.07) is 6.43. The van der Waals surface area contributed by atoms with Crippen molar-refractivity contribution >= 4 is 17.3 Å². The van der Waals surface area contributed by atoms with Crippen LogP contribution in [-0.4, -0.2) is 23.6 Å². The minimum Gasteiger partial charge on any atom is -0.373 e. The molecule has 0 unspecified atom stereocenters. The molecule has 0 atom stereocenters. The van der Waals surface area contributed by atoms with Gasteiger partial charge < -0.3 is 10.2 Å². The van der Waals surface area contributed by atoms with Gasteiger partial charge in [-0.2, -0.15) is 0 Å². The van der Waals surface area contributed by atoms with Crippen molar-refractivity contribution in [1.29, 1.82) is 0 Å². The van der Waals surface area contributed by atoms with Crippen LogP contribution in [0.5, 0.6) is 0 Å². The lowest BCUT2D eigenvalue weighted by Crippen LogP contribution is -2.20. The molecule has 5 heteroatoms. The molecular weight excluding hydrogens is 255 g/mol. The summed E-state index contributed by atoms with van der Waals surface area (Å²) in [6.45, 7) is 6.63. The minimum absolute atomic E-state index is 0.240. The smallest absolute Gasteiger partial charge is 0.141 e. The third kappa shape index (κ3) is 2.71. The highest BCUT2D eigenvalue weighted by Crippen LogP contribution is 2.29.